The zero-order chi connectivity index (χ0) is 12.5. The lowest BCUT2D eigenvalue weighted by molar-refractivity contribution is 0.0689. The lowest BCUT2D eigenvalue weighted by atomic mass is 9.86. The van der Waals surface area contributed by atoms with Gasteiger partial charge in [-0.05, 0) is 39.1 Å². The van der Waals surface area contributed by atoms with Crippen LogP contribution in [-0.4, -0.2) is 30.3 Å². The summed E-state index contributed by atoms with van der Waals surface area (Å²) < 4.78 is 13.7. The van der Waals surface area contributed by atoms with Crippen molar-refractivity contribution in [3.63, 3.8) is 0 Å². The van der Waals surface area contributed by atoms with Crippen molar-refractivity contribution < 1.29 is 9.18 Å². The van der Waals surface area contributed by atoms with Crippen LogP contribution in [0.3, 0.4) is 0 Å². The van der Waals surface area contributed by atoms with Gasteiger partial charge in [-0.25, -0.2) is 4.39 Å². The zero-order valence-electron chi connectivity index (χ0n) is 10.4. The predicted octanol–water partition coefficient (Wildman–Crippen LogP) is 2.88. The van der Waals surface area contributed by atoms with Crippen LogP contribution in [0.2, 0.25) is 0 Å². The van der Waals surface area contributed by atoms with Gasteiger partial charge in [-0.1, -0.05) is 25.0 Å². The molecule has 0 radical (unpaired) electrons. The summed E-state index contributed by atoms with van der Waals surface area (Å²) in [5.74, 6) is -0.483. The van der Waals surface area contributed by atoms with E-state index >= 15 is 0 Å². The molecule has 17 heavy (non-hydrogen) atoms. The third kappa shape index (κ3) is 2.00. The van der Waals surface area contributed by atoms with E-state index in [0.717, 1.165) is 25.7 Å². The Hall–Kier alpha value is -1.22. The largest absolute Gasteiger partial charge is 0.297 e. The Kier molecular flexibility index (Phi) is 3.29. The first kappa shape index (κ1) is 12.2. The van der Waals surface area contributed by atoms with Crippen molar-refractivity contribution in [2.75, 3.05) is 14.1 Å². The monoisotopic (exact) mass is 235 g/mol. The first-order valence-corrected chi connectivity index (χ1v) is 6.05. The Bertz CT molecular complexity index is 422. The number of hydrogen-bond donors (Lipinski definition) is 0. The van der Waals surface area contributed by atoms with Gasteiger partial charge >= 0.3 is 0 Å². The number of likely N-dealkylation sites (N-methyl/N-ethyl adjacent to an activating group) is 1. The van der Waals surface area contributed by atoms with Gasteiger partial charge in [0.15, 0.2) is 5.78 Å². The molecular weight excluding hydrogens is 217 g/mol. The molecule has 1 aliphatic carbocycles. The summed E-state index contributed by atoms with van der Waals surface area (Å²) in [6.07, 6.45) is 3.73. The SMILES string of the molecule is CN(C)C1(C(=O)c2ccccc2F)CCCC1. The Balaban J connectivity index is 2.39. The van der Waals surface area contributed by atoms with Crippen molar-refractivity contribution in [3.8, 4) is 0 Å². The van der Waals surface area contributed by atoms with E-state index < -0.39 is 11.4 Å². The average Bonchev–Trinajstić information content (AvgIpc) is 2.79. The molecule has 0 N–H and O–H groups in total. The van der Waals surface area contributed by atoms with E-state index in [2.05, 4.69) is 0 Å². The van der Waals surface area contributed by atoms with E-state index in [1.54, 1.807) is 18.2 Å². The molecule has 0 atom stereocenters. The van der Waals surface area contributed by atoms with E-state index in [1.807, 2.05) is 19.0 Å². The van der Waals surface area contributed by atoms with Gasteiger partial charge < -0.3 is 0 Å². The van der Waals surface area contributed by atoms with E-state index in [4.69, 9.17) is 0 Å². The van der Waals surface area contributed by atoms with Gasteiger partial charge in [0.2, 0.25) is 0 Å². The number of rotatable bonds is 3. The second-order valence-electron chi connectivity index (χ2n) is 4.94. The summed E-state index contributed by atoms with van der Waals surface area (Å²) in [7, 11) is 3.81. The lowest BCUT2D eigenvalue weighted by Crippen LogP contribution is -2.49. The molecule has 1 aliphatic rings. The number of nitrogens with zero attached hydrogens (tertiary/aromatic N) is 1. The number of halogens is 1. The number of ketones is 1. The summed E-state index contributed by atoms with van der Waals surface area (Å²) in [4.78, 5) is 14.5. The summed E-state index contributed by atoms with van der Waals surface area (Å²) in [6.45, 7) is 0. The van der Waals surface area contributed by atoms with Gasteiger partial charge in [0.25, 0.3) is 0 Å². The number of carbonyl (C=O) groups is 1. The van der Waals surface area contributed by atoms with Crippen LogP contribution in [0.5, 0.6) is 0 Å². The van der Waals surface area contributed by atoms with E-state index in [9.17, 15) is 9.18 Å². The molecular formula is C14H18FNO. The van der Waals surface area contributed by atoms with Gasteiger partial charge in [-0.2, -0.15) is 0 Å². The fraction of sp³-hybridized carbons (Fsp3) is 0.500. The third-order valence-corrected chi connectivity index (χ3v) is 3.83. The van der Waals surface area contributed by atoms with Crippen molar-refractivity contribution in [1.29, 1.82) is 0 Å². The smallest absolute Gasteiger partial charge is 0.185 e. The number of Topliss-reactive ketones (excluding diaryl/α,β-unsaturated/α-hetero) is 1. The van der Waals surface area contributed by atoms with Crippen LogP contribution in [0.25, 0.3) is 0 Å². The molecule has 0 spiro atoms. The molecule has 1 aromatic carbocycles. The predicted molar refractivity (Wildman–Crippen MR) is 65.6 cm³/mol. The van der Waals surface area contributed by atoms with Crippen molar-refractivity contribution in [3.05, 3.63) is 35.6 Å². The highest BCUT2D eigenvalue weighted by Gasteiger charge is 2.43. The number of benzene rings is 1. The van der Waals surface area contributed by atoms with Crippen LogP contribution in [0.4, 0.5) is 4.39 Å². The fourth-order valence-electron chi connectivity index (χ4n) is 2.73. The van der Waals surface area contributed by atoms with Crippen LogP contribution in [-0.2, 0) is 0 Å². The molecule has 1 fully saturated rings. The van der Waals surface area contributed by atoms with Crippen molar-refractivity contribution >= 4 is 5.78 Å². The van der Waals surface area contributed by atoms with Gasteiger partial charge in [-0.3, -0.25) is 9.69 Å². The van der Waals surface area contributed by atoms with E-state index in [-0.39, 0.29) is 11.3 Å². The summed E-state index contributed by atoms with van der Waals surface area (Å²) in [5.41, 5.74) is -0.273. The number of hydrogen-bond acceptors (Lipinski definition) is 2. The summed E-state index contributed by atoms with van der Waals surface area (Å²) >= 11 is 0. The molecule has 3 heteroatoms. The fourth-order valence-corrected chi connectivity index (χ4v) is 2.73. The minimum Gasteiger partial charge on any atom is -0.297 e. The molecule has 0 saturated heterocycles. The molecule has 0 aromatic heterocycles. The molecule has 0 amide bonds. The molecule has 2 nitrogen and oxygen atoms in total. The molecule has 1 aromatic rings. The molecule has 0 bridgehead atoms. The van der Waals surface area contributed by atoms with Crippen LogP contribution in [0.1, 0.15) is 36.0 Å². The Morgan fingerprint density at radius 3 is 2.35 bits per heavy atom. The highest BCUT2D eigenvalue weighted by atomic mass is 19.1. The number of carbonyl (C=O) groups excluding carboxylic acids is 1. The second kappa shape index (κ2) is 4.57. The standard InChI is InChI=1S/C14H18FNO/c1-16(2)14(9-5-6-10-14)13(17)11-7-3-4-8-12(11)15/h3-4,7-8H,5-6,9-10H2,1-2H3. The van der Waals surface area contributed by atoms with Crippen molar-refractivity contribution in [2.24, 2.45) is 0 Å². The second-order valence-corrected chi connectivity index (χ2v) is 4.94. The maximum atomic E-state index is 13.7. The molecule has 2 rings (SSSR count). The quantitative estimate of drug-likeness (QED) is 0.751. The van der Waals surface area contributed by atoms with Gasteiger partial charge in [0.1, 0.15) is 5.82 Å². The normalized spacial score (nSPS) is 18.6. The van der Waals surface area contributed by atoms with Crippen LogP contribution in [0, 0.1) is 5.82 Å². The van der Waals surface area contributed by atoms with Crippen LogP contribution >= 0.6 is 0 Å². The molecule has 0 heterocycles. The molecule has 92 valence electrons. The minimum atomic E-state index is -0.498. The molecule has 0 unspecified atom stereocenters. The van der Waals surface area contributed by atoms with Crippen molar-refractivity contribution in [1.82, 2.24) is 4.90 Å². The highest BCUT2D eigenvalue weighted by molar-refractivity contribution is 6.03. The Labute approximate surface area is 101 Å². The highest BCUT2D eigenvalue weighted by Crippen LogP contribution is 2.36. The first-order chi connectivity index (χ1) is 8.08. The Morgan fingerprint density at radius 2 is 1.82 bits per heavy atom. The van der Waals surface area contributed by atoms with Gasteiger partial charge in [-0.15, -0.1) is 0 Å². The maximum Gasteiger partial charge on any atom is 0.185 e. The first-order valence-electron chi connectivity index (χ1n) is 6.05. The van der Waals surface area contributed by atoms with Gasteiger partial charge in [0.05, 0.1) is 11.1 Å². The lowest BCUT2D eigenvalue weighted by Gasteiger charge is -2.34. The summed E-state index contributed by atoms with van der Waals surface area (Å²) in [6, 6.07) is 6.27. The van der Waals surface area contributed by atoms with Crippen molar-refractivity contribution in [2.45, 2.75) is 31.2 Å². The van der Waals surface area contributed by atoms with Crippen LogP contribution < -0.4 is 0 Å². The zero-order valence-corrected chi connectivity index (χ0v) is 10.4. The molecule has 0 aliphatic heterocycles. The third-order valence-electron chi connectivity index (χ3n) is 3.83. The van der Waals surface area contributed by atoms with E-state index in [1.165, 1.54) is 6.07 Å². The van der Waals surface area contributed by atoms with E-state index in [0.29, 0.717) is 0 Å². The Morgan fingerprint density at radius 1 is 1.24 bits per heavy atom. The molecule has 1 saturated carbocycles. The topological polar surface area (TPSA) is 20.3 Å². The van der Waals surface area contributed by atoms with Gasteiger partial charge in [0, 0.05) is 0 Å². The van der Waals surface area contributed by atoms with Crippen LogP contribution in [0.15, 0.2) is 24.3 Å². The minimum absolute atomic E-state index is 0.0712. The average molecular weight is 235 g/mol. The maximum absolute atomic E-state index is 13.7. The summed E-state index contributed by atoms with van der Waals surface area (Å²) in [5, 5.41) is 0.